The van der Waals surface area contributed by atoms with Crippen molar-refractivity contribution in [2.24, 2.45) is 11.1 Å². The molecule has 0 spiro atoms. The van der Waals surface area contributed by atoms with Crippen molar-refractivity contribution in [3.63, 3.8) is 0 Å². The Hall–Kier alpha value is -1.54. The van der Waals surface area contributed by atoms with E-state index in [0.717, 1.165) is 12.8 Å². The van der Waals surface area contributed by atoms with Crippen molar-refractivity contribution in [1.82, 2.24) is 0 Å². The molecule has 1 saturated carbocycles. The first-order valence-electron chi connectivity index (χ1n) is 7.45. The molecule has 1 fully saturated rings. The maximum Gasteiger partial charge on any atom is 0.0422 e. The molecule has 2 nitrogen and oxygen atoms in total. The van der Waals surface area contributed by atoms with Crippen molar-refractivity contribution in [3.05, 3.63) is 42.5 Å². The van der Waals surface area contributed by atoms with Gasteiger partial charge in [-0.1, -0.05) is 50.2 Å². The Labute approximate surface area is 121 Å². The highest BCUT2D eigenvalue weighted by molar-refractivity contribution is 5.93. The summed E-state index contributed by atoms with van der Waals surface area (Å²) in [4.78, 5) is 0. The van der Waals surface area contributed by atoms with Crippen LogP contribution in [0.2, 0.25) is 0 Å². The Morgan fingerprint density at radius 1 is 1.05 bits per heavy atom. The highest BCUT2D eigenvalue weighted by Crippen LogP contribution is 2.45. The highest BCUT2D eigenvalue weighted by Gasteiger charge is 2.49. The Kier molecular flexibility index (Phi) is 3.02. The summed E-state index contributed by atoms with van der Waals surface area (Å²) in [6.45, 7) is 6.74. The molecule has 0 aromatic heterocycles. The van der Waals surface area contributed by atoms with Crippen molar-refractivity contribution < 1.29 is 0 Å². The standard InChI is InChI=1S/C18H24N2/c1-17(2)16(11-12-18(17,3)19)20-15-10-6-8-13-7-4-5-9-14(13)15/h4-10,16,20H,11-12,19H2,1-3H3/t16-,18+/m0/s1. The third kappa shape index (κ3) is 1.99. The van der Waals surface area contributed by atoms with Crippen molar-refractivity contribution in [3.8, 4) is 0 Å². The van der Waals surface area contributed by atoms with E-state index in [-0.39, 0.29) is 11.0 Å². The number of rotatable bonds is 2. The van der Waals surface area contributed by atoms with E-state index in [2.05, 4.69) is 68.6 Å². The summed E-state index contributed by atoms with van der Waals surface area (Å²) >= 11 is 0. The molecular formula is C18H24N2. The molecule has 0 amide bonds. The second-order valence-electron chi connectivity index (χ2n) is 6.90. The summed E-state index contributed by atoms with van der Waals surface area (Å²) in [6, 6.07) is 15.4. The molecule has 3 rings (SSSR count). The van der Waals surface area contributed by atoms with Crippen molar-refractivity contribution >= 4 is 16.5 Å². The van der Waals surface area contributed by atoms with Crippen molar-refractivity contribution in [1.29, 1.82) is 0 Å². The summed E-state index contributed by atoms with van der Waals surface area (Å²) in [6.07, 6.45) is 2.20. The fraction of sp³-hybridized carbons (Fsp3) is 0.444. The Balaban J connectivity index is 1.95. The van der Waals surface area contributed by atoms with E-state index in [1.54, 1.807) is 0 Å². The first-order valence-corrected chi connectivity index (χ1v) is 7.45. The average molecular weight is 268 g/mol. The summed E-state index contributed by atoms with van der Waals surface area (Å²) in [5.41, 5.74) is 7.68. The minimum absolute atomic E-state index is 0.0872. The van der Waals surface area contributed by atoms with Gasteiger partial charge in [0.2, 0.25) is 0 Å². The second-order valence-corrected chi connectivity index (χ2v) is 6.90. The van der Waals surface area contributed by atoms with Crippen LogP contribution in [0, 0.1) is 5.41 Å². The lowest BCUT2D eigenvalue weighted by molar-refractivity contribution is 0.215. The zero-order valence-electron chi connectivity index (χ0n) is 12.6. The molecular weight excluding hydrogens is 244 g/mol. The van der Waals surface area contributed by atoms with Crippen LogP contribution in [-0.2, 0) is 0 Å². The van der Waals surface area contributed by atoms with Gasteiger partial charge >= 0.3 is 0 Å². The minimum Gasteiger partial charge on any atom is -0.381 e. The number of benzene rings is 2. The van der Waals surface area contributed by atoms with Crippen LogP contribution in [0.25, 0.3) is 10.8 Å². The second kappa shape index (κ2) is 4.49. The third-order valence-electron chi connectivity index (χ3n) is 5.41. The molecule has 0 aliphatic heterocycles. The smallest absolute Gasteiger partial charge is 0.0422 e. The Morgan fingerprint density at radius 2 is 1.75 bits per heavy atom. The molecule has 2 atom stereocenters. The van der Waals surface area contributed by atoms with E-state index in [9.17, 15) is 0 Å². The van der Waals surface area contributed by atoms with Gasteiger partial charge in [-0.15, -0.1) is 0 Å². The molecule has 2 aromatic rings. The zero-order valence-corrected chi connectivity index (χ0v) is 12.6. The fourth-order valence-corrected chi connectivity index (χ4v) is 3.32. The van der Waals surface area contributed by atoms with Crippen LogP contribution in [0.1, 0.15) is 33.6 Å². The van der Waals surface area contributed by atoms with Crippen LogP contribution in [0.5, 0.6) is 0 Å². The molecule has 3 N–H and O–H groups in total. The van der Waals surface area contributed by atoms with Crippen LogP contribution >= 0.6 is 0 Å². The summed E-state index contributed by atoms with van der Waals surface area (Å²) < 4.78 is 0. The molecule has 0 heterocycles. The van der Waals surface area contributed by atoms with Gasteiger partial charge < -0.3 is 11.1 Å². The summed E-state index contributed by atoms with van der Waals surface area (Å²) in [5, 5.41) is 6.32. The molecule has 0 saturated heterocycles. The molecule has 20 heavy (non-hydrogen) atoms. The molecule has 0 unspecified atom stereocenters. The Morgan fingerprint density at radius 3 is 2.45 bits per heavy atom. The van der Waals surface area contributed by atoms with E-state index < -0.39 is 0 Å². The topological polar surface area (TPSA) is 38.0 Å². The molecule has 2 heteroatoms. The predicted octanol–water partition coefficient (Wildman–Crippen LogP) is 4.16. The first kappa shape index (κ1) is 13.4. The first-order chi connectivity index (χ1) is 9.42. The monoisotopic (exact) mass is 268 g/mol. The molecule has 1 aliphatic carbocycles. The van der Waals surface area contributed by atoms with E-state index in [4.69, 9.17) is 5.73 Å². The number of fused-ring (bicyclic) bond motifs is 1. The van der Waals surface area contributed by atoms with Gasteiger partial charge in [0.15, 0.2) is 0 Å². The lowest BCUT2D eigenvalue weighted by Crippen LogP contribution is -2.51. The van der Waals surface area contributed by atoms with Crippen LogP contribution < -0.4 is 11.1 Å². The average Bonchev–Trinajstić information content (AvgIpc) is 2.62. The fourth-order valence-electron chi connectivity index (χ4n) is 3.32. The van der Waals surface area contributed by atoms with E-state index in [0.29, 0.717) is 6.04 Å². The quantitative estimate of drug-likeness (QED) is 0.858. The van der Waals surface area contributed by atoms with Crippen molar-refractivity contribution in [2.75, 3.05) is 5.32 Å². The SMILES string of the molecule is CC1(C)[C@@H](Nc2cccc3ccccc23)CC[C@@]1(C)N. The predicted molar refractivity (Wildman–Crippen MR) is 87.0 cm³/mol. The maximum absolute atomic E-state index is 6.47. The van der Waals surface area contributed by atoms with Gasteiger partial charge in [0.25, 0.3) is 0 Å². The Bertz CT molecular complexity index is 623. The highest BCUT2D eigenvalue weighted by atomic mass is 15.0. The lowest BCUT2D eigenvalue weighted by atomic mass is 9.75. The van der Waals surface area contributed by atoms with Gasteiger partial charge in [0.1, 0.15) is 0 Å². The van der Waals surface area contributed by atoms with Crippen molar-refractivity contribution in [2.45, 2.75) is 45.2 Å². The van der Waals surface area contributed by atoms with Crippen LogP contribution in [0.3, 0.4) is 0 Å². The minimum atomic E-state index is -0.102. The van der Waals surface area contributed by atoms with Gasteiger partial charge in [-0.05, 0) is 31.2 Å². The number of nitrogens with two attached hydrogens (primary N) is 1. The van der Waals surface area contributed by atoms with Gasteiger partial charge in [-0.3, -0.25) is 0 Å². The number of hydrogen-bond acceptors (Lipinski definition) is 2. The number of hydrogen-bond donors (Lipinski definition) is 2. The maximum atomic E-state index is 6.47. The molecule has 2 aromatic carbocycles. The van der Waals surface area contributed by atoms with Gasteiger partial charge in [-0.2, -0.15) is 0 Å². The zero-order chi connectivity index (χ0) is 14.4. The third-order valence-corrected chi connectivity index (χ3v) is 5.41. The van der Waals surface area contributed by atoms with Crippen LogP contribution in [0.15, 0.2) is 42.5 Å². The number of anilines is 1. The van der Waals surface area contributed by atoms with E-state index in [1.807, 2.05) is 0 Å². The summed E-state index contributed by atoms with van der Waals surface area (Å²) in [5.74, 6) is 0. The normalized spacial score (nSPS) is 28.7. The largest absolute Gasteiger partial charge is 0.381 e. The summed E-state index contributed by atoms with van der Waals surface area (Å²) in [7, 11) is 0. The van der Waals surface area contributed by atoms with Crippen LogP contribution in [0.4, 0.5) is 5.69 Å². The van der Waals surface area contributed by atoms with Gasteiger partial charge in [-0.25, -0.2) is 0 Å². The molecule has 106 valence electrons. The number of nitrogens with one attached hydrogen (secondary N) is 1. The lowest BCUT2D eigenvalue weighted by Gasteiger charge is -2.39. The van der Waals surface area contributed by atoms with Crippen LogP contribution in [-0.4, -0.2) is 11.6 Å². The molecule has 1 aliphatic rings. The van der Waals surface area contributed by atoms with E-state index in [1.165, 1.54) is 16.5 Å². The van der Waals surface area contributed by atoms with E-state index >= 15 is 0 Å². The van der Waals surface area contributed by atoms with Gasteiger partial charge in [0, 0.05) is 28.1 Å². The molecule has 0 radical (unpaired) electrons. The van der Waals surface area contributed by atoms with Gasteiger partial charge in [0.05, 0.1) is 0 Å². The molecule has 0 bridgehead atoms.